The number of aryl methyl sites for hydroxylation is 1. The highest BCUT2D eigenvalue weighted by atomic mass is 16.5. The third-order valence-corrected chi connectivity index (χ3v) is 3.02. The molecule has 120 valence electrons. The predicted molar refractivity (Wildman–Crippen MR) is 87.7 cm³/mol. The molecular weight excluding hydrogens is 294 g/mol. The summed E-state index contributed by atoms with van der Waals surface area (Å²) in [7, 11) is 0. The van der Waals surface area contributed by atoms with Crippen LogP contribution in [0.15, 0.2) is 48.5 Å². The lowest BCUT2D eigenvalue weighted by molar-refractivity contribution is -0.118. The second kappa shape index (κ2) is 7.98. The van der Waals surface area contributed by atoms with Crippen LogP contribution in [-0.4, -0.2) is 25.1 Å². The molecule has 0 spiro atoms. The first-order valence-electron chi connectivity index (χ1n) is 7.35. The number of ether oxygens (including phenoxy) is 2. The van der Waals surface area contributed by atoms with Crippen LogP contribution in [0.2, 0.25) is 0 Å². The van der Waals surface area contributed by atoms with E-state index in [1.165, 1.54) is 0 Å². The third-order valence-electron chi connectivity index (χ3n) is 3.02. The molecule has 0 aliphatic rings. The van der Waals surface area contributed by atoms with Gasteiger partial charge >= 0.3 is 5.97 Å². The lowest BCUT2D eigenvalue weighted by atomic mass is 10.2. The monoisotopic (exact) mass is 313 g/mol. The summed E-state index contributed by atoms with van der Waals surface area (Å²) in [5.41, 5.74) is 2.17. The molecule has 0 aliphatic carbocycles. The van der Waals surface area contributed by atoms with E-state index in [9.17, 15) is 9.59 Å². The summed E-state index contributed by atoms with van der Waals surface area (Å²) in [6.45, 7) is 3.87. The number of hydrogen-bond acceptors (Lipinski definition) is 4. The molecule has 0 saturated carbocycles. The Bertz CT molecular complexity index is 697. The Hall–Kier alpha value is -2.82. The molecule has 0 radical (unpaired) electrons. The molecule has 0 bridgehead atoms. The first kappa shape index (κ1) is 16.5. The van der Waals surface area contributed by atoms with Gasteiger partial charge in [-0.05, 0) is 49.7 Å². The summed E-state index contributed by atoms with van der Waals surface area (Å²) in [5, 5.41) is 2.76. The Balaban J connectivity index is 1.91. The maximum atomic E-state index is 11.9. The number of esters is 1. The van der Waals surface area contributed by atoms with Gasteiger partial charge in [-0.3, -0.25) is 4.79 Å². The predicted octanol–water partition coefficient (Wildman–Crippen LogP) is 3.19. The van der Waals surface area contributed by atoms with E-state index >= 15 is 0 Å². The maximum absolute atomic E-state index is 11.9. The van der Waals surface area contributed by atoms with E-state index in [1.807, 2.05) is 31.2 Å². The zero-order valence-corrected chi connectivity index (χ0v) is 13.2. The average molecular weight is 313 g/mol. The molecule has 5 heteroatoms. The van der Waals surface area contributed by atoms with Gasteiger partial charge in [0.25, 0.3) is 5.91 Å². The number of nitrogens with one attached hydrogen (secondary N) is 1. The van der Waals surface area contributed by atoms with Gasteiger partial charge in [0.2, 0.25) is 0 Å². The average Bonchev–Trinajstić information content (AvgIpc) is 2.53. The van der Waals surface area contributed by atoms with Crippen molar-refractivity contribution in [2.45, 2.75) is 13.8 Å². The van der Waals surface area contributed by atoms with Crippen LogP contribution in [0.1, 0.15) is 22.8 Å². The van der Waals surface area contributed by atoms with Gasteiger partial charge in [0.05, 0.1) is 12.2 Å². The second-order valence-corrected chi connectivity index (χ2v) is 4.95. The Labute approximate surface area is 135 Å². The molecule has 0 heterocycles. The van der Waals surface area contributed by atoms with E-state index in [2.05, 4.69) is 5.32 Å². The van der Waals surface area contributed by atoms with Crippen LogP contribution in [0, 0.1) is 6.92 Å². The lowest BCUT2D eigenvalue weighted by Crippen LogP contribution is -2.20. The van der Waals surface area contributed by atoms with Gasteiger partial charge in [-0.1, -0.05) is 18.2 Å². The standard InChI is InChI=1S/C18H19NO4/c1-3-22-18(21)14-7-5-9-16(11-14)23-12-17(20)19-15-8-4-6-13(2)10-15/h4-11H,3,12H2,1-2H3,(H,19,20). The minimum Gasteiger partial charge on any atom is -0.484 e. The molecule has 0 aliphatic heterocycles. The summed E-state index contributed by atoms with van der Waals surface area (Å²) in [6, 6.07) is 14.1. The molecule has 1 N–H and O–H groups in total. The quantitative estimate of drug-likeness (QED) is 0.832. The van der Waals surface area contributed by atoms with Gasteiger partial charge < -0.3 is 14.8 Å². The topological polar surface area (TPSA) is 64.6 Å². The van der Waals surface area contributed by atoms with E-state index in [1.54, 1.807) is 31.2 Å². The molecule has 1 amide bonds. The highest BCUT2D eigenvalue weighted by Crippen LogP contribution is 2.15. The van der Waals surface area contributed by atoms with E-state index < -0.39 is 5.97 Å². The minimum atomic E-state index is -0.415. The van der Waals surface area contributed by atoms with Gasteiger partial charge in [-0.2, -0.15) is 0 Å². The highest BCUT2D eigenvalue weighted by molar-refractivity contribution is 5.92. The summed E-state index contributed by atoms with van der Waals surface area (Å²) in [5.74, 6) is -0.241. The van der Waals surface area contributed by atoms with Crippen LogP contribution >= 0.6 is 0 Å². The molecule has 2 aromatic rings. The first-order valence-corrected chi connectivity index (χ1v) is 7.35. The number of rotatable bonds is 6. The molecule has 23 heavy (non-hydrogen) atoms. The fourth-order valence-electron chi connectivity index (χ4n) is 2.00. The number of hydrogen-bond donors (Lipinski definition) is 1. The molecule has 0 unspecified atom stereocenters. The van der Waals surface area contributed by atoms with Crippen LogP contribution in [0.25, 0.3) is 0 Å². The maximum Gasteiger partial charge on any atom is 0.338 e. The van der Waals surface area contributed by atoms with Crippen LogP contribution in [0.3, 0.4) is 0 Å². The SMILES string of the molecule is CCOC(=O)c1cccc(OCC(=O)Nc2cccc(C)c2)c1. The third kappa shape index (κ3) is 5.14. The van der Waals surface area contributed by atoms with E-state index in [0.29, 0.717) is 17.9 Å². The van der Waals surface area contributed by atoms with Crippen molar-refractivity contribution in [3.8, 4) is 5.75 Å². The number of benzene rings is 2. The van der Waals surface area contributed by atoms with Crippen LogP contribution in [0.5, 0.6) is 5.75 Å². The van der Waals surface area contributed by atoms with Gasteiger partial charge in [0, 0.05) is 5.69 Å². The van der Waals surface area contributed by atoms with Crippen molar-refractivity contribution in [1.82, 2.24) is 0 Å². The van der Waals surface area contributed by atoms with Crippen LogP contribution < -0.4 is 10.1 Å². The van der Waals surface area contributed by atoms with Crippen molar-refractivity contribution in [3.63, 3.8) is 0 Å². The van der Waals surface area contributed by atoms with Gasteiger partial charge in [0.1, 0.15) is 5.75 Å². The lowest BCUT2D eigenvalue weighted by Gasteiger charge is -2.09. The van der Waals surface area contributed by atoms with Gasteiger partial charge in [0.15, 0.2) is 6.61 Å². The molecule has 2 aromatic carbocycles. The fraction of sp³-hybridized carbons (Fsp3) is 0.222. The summed E-state index contributed by atoms with van der Waals surface area (Å²) < 4.78 is 10.3. The van der Waals surface area contributed by atoms with Gasteiger partial charge in [-0.15, -0.1) is 0 Å². The molecule has 5 nitrogen and oxygen atoms in total. The molecule has 0 fully saturated rings. The van der Waals surface area contributed by atoms with Crippen molar-refractivity contribution < 1.29 is 19.1 Å². The van der Waals surface area contributed by atoms with Crippen molar-refractivity contribution in [2.24, 2.45) is 0 Å². The van der Waals surface area contributed by atoms with E-state index in [0.717, 1.165) is 11.3 Å². The highest BCUT2D eigenvalue weighted by Gasteiger charge is 2.09. The second-order valence-electron chi connectivity index (χ2n) is 4.95. The summed E-state index contributed by atoms with van der Waals surface area (Å²) in [4.78, 5) is 23.5. The normalized spacial score (nSPS) is 10.0. The van der Waals surface area contributed by atoms with Gasteiger partial charge in [-0.25, -0.2) is 4.79 Å². The Morgan fingerprint density at radius 2 is 1.87 bits per heavy atom. The number of amides is 1. The van der Waals surface area contributed by atoms with Crippen molar-refractivity contribution >= 4 is 17.6 Å². The van der Waals surface area contributed by atoms with Crippen molar-refractivity contribution in [1.29, 1.82) is 0 Å². The van der Waals surface area contributed by atoms with E-state index in [4.69, 9.17) is 9.47 Å². The number of anilines is 1. The Morgan fingerprint density at radius 1 is 1.09 bits per heavy atom. The first-order chi connectivity index (χ1) is 11.1. The Morgan fingerprint density at radius 3 is 2.61 bits per heavy atom. The molecule has 2 rings (SSSR count). The molecule has 0 saturated heterocycles. The summed E-state index contributed by atoms with van der Waals surface area (Å²) >= 11 is 0. The number of carbonyl (C=O) groups is 2. The minimum absolute atomic E-state index is 0.139. The fourth-order valence-corrected chi connectivity index (χ4v) is 2.00. The molecule has 0 aromatic heterocycles. The number of carbonyl (C=O) groups excluding carboxylic acids is 2. The Kier molecular flexibility index (Phi) is 5.74. The summed E-state index contributed by atoms with van der Waals surface area (Å²) in [6.07, 6.45) is 0. The zero-order chi connectivity index (χ0) is 16.7. The molecule has 0 atom stereocenters. The van der Waals surface area contributed by atoms with Crippen molar-refractivity contribution in [3.05, 3.63) is 59.7 Å². The van der Waals surface area contributed by atoms with E-state index in [-0.39, 0.29) is 12.5 Å². The van der Waals surface area contributed by atoms with Crippen LogP contribution in [0.4, 0.5) is 5.69 Å². The van der Waals surface area contributed by atoms with Crippen LogP contribution in [-0.2, 0) is 9.53 Å². The zero-order valence-electron chi connectivity index (χ0n) is 13.2. The van der Waals surface area contributed by atoms with Crippen molar-refractivity contribution in [2.75, 3.05) is 18.5 Å². The largest absolute Gasteiger partial charge is 0.484 e. The molecular formula is C18H19NO4. The smallest absolute Gasteiger partial charge is 0.338 e.